The van der Waals surface area contributed by atoms with Gasteiger partial charge in [0.1, 0.15) is 5.02 Å². The van der Waals surface area contributed by atoms with Gasteiger partial charge in [0, 0.05) is 12.1 Å². The standard InChI is InChI=1S/C13H19ClN4O/c1-2-7-18-13(19)12(14)11(8-16-18)17-10-6-4-3-5-9(10)15/h2,8-10,17H,1,3-7,15H2/t9-,10-/m1/s1. The van der Waals surface area contributed by atoms with Crippen LogP contribution in [0.25, 0.3) is 0 Å². The molecule has 1 aliphatic rings. The molecule has 5 nitrogen and oxygen atoms in total. The molecule has 104 valence electrons. The van der Waals surface area contributed by atoms with Crippen molar-refractivity contribution in [1.29, 1.82) is 0 Å². The number of hydrogen-bond acceptors (Lipinski definition) is 4. The second-order valence-electron chi connectivity index (χ2n) is 4.85. The minimum atomic E-state index is -0.309. The van der Waals surface area contributed by atoms with Crippen molar-refractivity contribution in [3.8, 4) is 0 Å². The summed E-state index contributed by atoms with van der Waals surface area (Å²) in [6.07, 6.45) is 7.48. The topological polar surface area (TPSA) is 72.9 Å². The molecule has 1 aromatic rings. The number of rotatable bonds is 4. The minimum absolute atomic E-state index is 0.0976. The van der Waals surface area contributed by atoms with Gasteiger partial charge < -0.3 is 11.1 Å². The molecular formula is C13H19ClN4O. The van der Waals surface area contributed by atoms with E-state index in [2.05, 4.69) is 17.0 Å². The first-order chi connectivity index (χ1) is 9.13. The summed E-state index contributed by atoms with van der Waals surface area (Å²) in [4.78, 5) is 12.0. The molecule has 0 bridgehead atoms. The summed E-state index contributed by atoms with van der Waals surface area (Å²) in [5.41, 5.74) is 6.32. The average molecular weight is 283 g/mol. The van der Waals surface area contributed by atoms with Crippen LogP contribution in [0.15, 0.2) is 23.6 Å². The van der Waals surface area contributed by atoms with Crippen molar-refractivity contribution >= 4 is 17.3 Å². The van der Waals surface area contributed by atoms with E-state index in [1.165, 1.54) is 4.68 Å². The lowest BCUT2D eigenvalue weighted by Crippen LogP contribution is -2.43. The lowest BCUT2D eigenvalue weighted by Gasteiger charge is -2.30. The predicted octanol–water partition coefficient (Wildman–Crippen LogP) is 1.76. The Kier molecular flexibility index (Phi) is 4.61. The van der Waals surface area contributed by atoms with Crippen molar-refractivity contribution in [3.63, 3.8) is 0 Å². The number of allylic oxidation sites excluding steroid dienone is 1. The number of nitrogens with zero attached hydrogens (tertiary/aromatic N) is 2. The molecular weight excluding hydrogens is 264 g/mol. The molecule has 1 aliphatic carbocycles. The van der Waals surface area contributed by atoms with Crippen molar-refractivity contribution < 1.29 is 0 Å². The molecule has 1 fully saturated rings. The number of halogens is 1. The van der Waals surface area contributed by atoms with E-state index in [-0.39, 0.29) is 22.7 Å². The summed E-state index contributed by atoms with van der Waals surface area (Å²) in [5.74, 6) is 0. The van der Waals surface area contributed by atoms with Gasteiger partial charge in [-0.25, -0.2) is 4.68 Å². The Morgan fingerprint density at radius 1 is 1.58 bits per heavy atom. The summed E-state index contributed by atoms with van der Waals surface area (Å²) in [6.45, 7) is 3.93. The molecule has 2 atom stereocenters. The van der Waals surface area contributed by atoms with E-state index in [1.807, 2.05) is 0 Å². The van der Waals surface area contributed by atoms with Crippen LogP contribution < -0.4 is 16.6 Å². The molecule has 1 heterocycles. The van der Waals surface area contributed by atoms with Gasteiger partial charge >= 0.3 is 0 Å². The van der Waals surface area contributed by atoms with Crippen molar-refractivity contribution in [2.24, 2.45) is 5.73 Å². The van der Waals surface area contributed by atoms with Crippen LogP contribution in [0, 0.1) is 0 Å². The maximum absolute atomic E-state index is 12.0. The zero-order valence-corrected chi connectivity index (χ0v) is 11.6. The van der Waals surface area contributed by atoms with Crippen molar-refractivity contribution in [1.82, 2.24) is 9.78 Å². The van der Waals surface area contributed by atoms with Crippen LogP contribution in [0.3, 0.4) is 0 Å². The molecule has 1 saturated carbocycles. The number of nitrogens with two attached hydrogens (primary N) is 1. The number of aromatic nitrogens is 2. The molecule has 0 spiro atoms. The predicted molar refractivity (Wildman–Crippen MR) is 77.6 cm³/mol. The normalized spacial score (nSPS) is 23.1. The highest BCUT2D eigenvalue weighted by atomic mass is 35.5. The molecule has 0 unspecified atom stereocenters. The minimum Gasteiger partial charge on any atom is -0.378 e. The van der Waals surface area contributed by atoms with Crippen molar-refractivity contribution in [3.05, 3.63) is 34.2 Å². The summed E-state index contributed by atoms with van der Waals surface area (Å²) >= 11 is 6.09. The first-order valence-electron chi connectivity index (χ1n) is 6.52. The fourth-order valence-corrected chi connectivity index (χ4v) is 2.56. The SMILES string of the molecule is C=CCn1ncc(N[C@@H]2CCCC[C@H]2N)c(Cl)c1=O. The highest BCUT2D eigenvalue weighted by molar-refractivity contribution is 6.32. The summed E-state index contributed by atoms with van der Waals surface area (Å²) in [5, 5.41) is 7.48. The Balaban J connectivity index is 2.19. The van der Waals surface area contributed by atoms with E-state index in [0.717, 1.165) is 25.7 Å². The molecule has 0 aliphatic heterocycles. The summed E-state index contributed by atoms with van der Waals surface area (Å²) < 4.78 is 1.28. The Hall–Kier alpha value is -1.33. The van der Waals surface area contributed by atoms with Gasteiger partial charge in [0.25, 0.3) is 5.56 Å². The van der Waals surface area contributed by atoms with Crippen LogP contribution in [0.5, 0.6) is 0 Å². The van der Waals surface area contributed by atoms with Gasteiger partial charge in [-0.1, -0.05) is 30.5 Å². The maximum Gasteiger partial charge on any atom is 0.287 e. The van der Waals surface area contributed by atoms with Gasteiger partial charge in [0.2, 0.25) is 0 Å². The first-order valence-corrected chi connectivity index (χ1v) is 6.90. The van der Waals surface area contributed by atoms with Gasteiger partial charge in [0.05, 0.1) is 18.4 Å². The number of anilines is 1. The second kappa shape index (κ2) is 6.21. The van der Waals surface area contributed by atoms with E-state index < -0.39 is 0 Å². The molecule has 1 aromatic heterocycles. The third-order valence-corrected chi connectivity index (χ3v) is 3.81. The molecule has 0 amide bonds. The Bertz CT molecular complexity index is 514. The largest absolute Gasteiger partial charge is 0.378 e. The zero-order chi connectivity index (χ0) is 13.8. The number of nitrogens with one attached hydrogen (secondary N) is 1. The average Bonchev–Trinajstić information content (AvgIpc) is 2.41. The maximum atomic E-state index is 12.0. The quantitative estimate of drug-likeness (QED) is 0.826. The molecule has 0 aromatic carbocycles. The fourth-order valence-electron chi connectivity index (χ4n) is 2.36. The molecule has 0 saturated heterocycles. The Morgan fingerprint density at radius 2 is 2.32 bits per heavy atom. The molecule has 6 heteroatoms. The van der Waals surface area contributed by atoms with Crippen LogP contribution in [0.1, 0.15) is 25.7 Å². The molecule has 3 N–H and O–H groups in total. The molecule has 2 rings (SSSR count). The van der Waals surface area contributed by atoms with Gasteiger partial charge in [-0.15, -0.1) is 6.58 Å². The Morgan fingerprint density at radius 3 is 3.00 bits per heavy atom. The highest BCUT2D eigenvalue weighted by Gasteiger charge is 2.22. The van der Waals surface area contributed by atoms with Crippen LogP contribution in [0.2, 0.25) is 5.02 Å². The van der Waals surface area contributed by atoms with Crippen molar-refractivity contribution in [2.45, 2.75) is 44.3 Å². The van der Waals surface area contributed by atoms with E-state index >= 15 is 0 Å². The van der Waals surface area contributed by atoms with E-state index in [4.69, 9.17) is 17.3 Å². The smallest absolute Gasteiger partial charge is 0.287 e. The van der Waals surface area contributed by atoms with E-state index in [1.54, 1.807) is 12.3 Å². The van der Waals surface area contributed by atoms with Gasteiger partial charge in [0.15, 0.2) is 0 Å². The number of hydrogen-bond donors (Lipinski definition) is 2. The molecule has 0 radical (unpaired) electrons. The fraction of sp³-hybridized carbons (Fsp3) is 0.538. The van der Waals surface area contributed by atoms with Gasteiger partial charge in [-0.3, -0.25) is 4.79 Å². The van der Waals surface area contributed by atoms with E-state index in [9.17, 15) is 4.79 Å². The third-order valence-electron chi connectivity index (χ3n) is 3.45. The molecule has 19 heavy (non-hydrogen) atoms. The summed E-state index contributed by atoms with van der Waals surface area (Å²) in [6, 6.07) is 0.253. The van der Waals surface area contributed by atoms with Crippen LogP contribution in [-0.4, -0.2) is 21.9 Å². The monoisotopic (exact) mass is 282 g/mol. The Labute approximate surface area is 117 Å². The summed E-state index contributed by atoms with van der Waals surface area (Å²) in [7, 11) is 0. The second-order valence-corrected chi connectivity index (χ2v) is 5.23. The van der Waals surface area contributed by atoms with Crippen LogP contribution >= 0.6 is 11.6 Å². The van der Waals surface area contributed by atoms with Gasteiger partial charge in [-0.2, -0.15) is 5.10 Å². The first kappa shape index (κ1) is 14.1. The highest BCUT2D eigenvalue weighted by Crippen LogP contribution is 2.23. The third kappa shape index (κ3) is 3.16. The zero-order valence-electron chi connectivity index (χ0n) is 10.8. The lowest BCUT2D eigenvalue weighted by atomic mass is 9.91. The van der Waals surface area contributed by atoms with Crippen molar-refractivity contribution in [2.75, 3.05) is 5.32 Å². The van der Waals surface area contributed by atoms with E-state index in [0.29, 0.717) is 12.2 Å². The van der Waals surface area contributed by atoms with Crippen LogP contribution in [0.4, 0.5) is 5.69 Å². The lowest BCUT2D eigenvalue weighted by molar-refractivity contribution is 0.404. The van der Waals surface area contributed by atoms with Gasteiger partial charge in [-0.05, 0) is 12.8 Å². The van der Waals surface area contributed by atoms with Crippen LogP contribution in [-0.2, 0) is 6.54 Å².